The maximum atomic E-state index is 4.70. The Morgan fingerprint density at radius 3 is 2.76 bits per heavy atom. The van der Waals surface area contributed by atoms with Crippen molar-refractivity contribution in [2.24, 2.45) is 5.92 Å². The molecule has 0 bridgehead atoms. The molecule has 0 unspecified atom stereocenters. The zero-order valence-electron chi connectivity index (χ0n) is 19.6. The molecule has 1 aliphatic carbocycles. The third kappa shape index (κ3) is 4.31. The lowest BCUT2D eigenvalue weighted by atomic mass is 9.87. The highest BCUT2D eigenvalue weighted by atomic mass is 15.1. The predicted molar refractivity (Wildman–Crippen MR) is 140 cm³/mol. The van der Waals surface area contributed by atoms with E-state index in [1.807, 2.05) is 12.1 Å². The van der Waals surface area contributed by atoms with Crippen LogP contribution in [0.3, 0.4) is 0 Å². The highest BCUT2D eigenvalue weighted by Crippen LogP contribution is 2.31. The number of rotatable bonds is 7. The van der Waals surface area contributed by atoms with Gasteiger partial charge in [0.1, 0.15) is 5.69 Å². The summed E-state index contributed by atoms with van der Waals surface area (Å²) in [6, 6.07) is 8.21. The van der Waals surface area contributed by atoms with Gasteiger partial charge in [0.25, 0.3) is 0 Å². The van der Waals surface area contributed by atoms with Crippen LogP contribution in [0.5, 0.6) is 0 Å². The summed E-state index contributed by atoms with van der Waals surface area (Å²) in [6.07, 6.45) is 16.0. The maximum Gasteiger partial charge on any atom is 0.159 e. The van der Waals surface area contributed by atoms with E-state index in [2.05, 4.69) is 75.9 Å². The standard InChI is InChI=1S/C28H30N6/c1-4-19(15-22(5-2)30-18(3)20-9-7-6-8-10-20)21-11-12-24-23(16-21)27(34-33-24)28-31-25-13-14-29-17-26(25)32-28/h4-5,11-17,20,30H,2-3,6-10H2,1H3,(H,31,32)(H,33,34)/b19-4+,22-15+. The largest absolute Gasteiger partial charge is 0.359 e. The molecule has 4 aromatic rings. The molecule has 5 rings (SSSR count). The summed E-state index contributed by atoms with van der Waals surface area (Å²) in [5, 5.41) is 12.2. The van der Waals surface area contributed by atoms with E-state index in [0.29, 0.717) is 5.92 Å². The van der Waals surface area contributed by atoms with Crippen LogP contribution >= 0.6 is 0 Å². The number of imidazole rings is 1. The van der Waals surface area contributed by atoms with Crippen LogP contribution in [0, 0.1) is 5.92 Å². The fourth-order valence-corrected chi connectivity index (χ4v) is 4.73. The van der Waals surface area contributed by atoms with Gasteiger partial charge in [-0.25, -0.2) is 4.98 Å². The summed E-state index contributed by atoms with van der Waals surface area (Å²) in [7, 11) is 0. The van der Waals surface area contributed by atoms with Crippen LogP contribution in [0.4, 0.5) is 0 Å². The van der Waals surface area contributed by atoms with Crippen molar-refractivity contribution in [3.8, 4) is 11.5 Å². The Kier molecular flexibility index (Phi) is 6.12. The number of hydrogen-bond acceptors (Lipinski definition) is 4. The molecule has 1 fully saturated rings. The van der Waals surface area contributed by atoms with E-state index < -0.39 is 0 Å². The molecule has 34 heavy (non-hydrogen) atoms. The van der Waals surface area contributed by atoms with Crippen molar-refractivity contribution >= 4 is 27.5 Å². The number of fused-ring (bicyclic) bond motifs is 2. The number of nitrogens with one attached hydrogen (secondary N) is 3. The zero-order valence-corrected chi connectivity index (χ0v) is 19.6. The first-order chi connectivity index (χ1) is 16.7. The summed E-state index contributed by atoms with van der Waals surface area (Å²) in [5.74, 6) is 1.26. The minimum absolute atomic E-state index is 0.537. The molecule has 3 heterocycles. The Balaban J connectivity index is 1.45. The molecule has 0 spiro atoms. The number of benzene rings is 1. The molecule has 6 nitrogen and oxygen atoms in total. The van der Waals surface area contributed by atoms with E-state index in [-0.39, 0.29) is 0 Å². The van der Waals surface area contributed by atoms with Crippen molar-refractivity contribution in [1.82, 2.24) is 30.5 Å². The van der Waals surface area contributed by atoms with Gasteiger partial charge < -0.3 is 10.3 Å². The second-order valence-electron chi connectivity index (χ2n) is 8.84. The molecule has 172 valence electrons. The summed E-state index contributed by atoms with van der Waals surface area (Å²) >= 11 is 0. The Bertz CT molecular complexity index is 1380. The number of hydrogen-bond donors (Lipinski definition) is 3. The Labute approximate surface area is 199 Å². The van der Waals surface area contributed by atoms with Gasteiger partial charge in [-0.3, -0.25) is 10.1 Å². The van der Waals surface area contributed by atoms with E-state index >= 15 is 0 Å². The summed E-state index contributed by atoms with van der Waals surface area (Å²) in [6.45, 7) is 10.4. The molecule has 1 aliphatic rings. The third-order valence-corrected chi connectivity index (χ3v) is 6.65. The first kappa shape index (κ1) is 21.9. The number of pyridine rings is 1. The molecule has 0 aliphatic heterocycles. The lowest BCUT2D eigenvalue weighted by Gasteiger charge is -2.25. The minimum Gasteiger partial charge on any atom is -0.359 e. The van der Waals surface area contributed by atoms with E-state index in [9.17, 15) is 0 Å². The number of H-pyrrole nitrogens is 2. The minimum atomic E-state index is 0.537. The summed E-state index contributed by atoms with van der Waals surface area (Å²) < 4.78 is 0. The molecule has 1 aromatic carbocycles. The highest BCUT2D eigenvalue weighted by Gasteiger charge is 2.17. The Morgan fingerprint density at radius 2 is 2.00 bits per heavy atom. The van der Waals surface area contributed by atoms with E-state index in [0.717, 1.165) is 56.0 Å². The van der Waals surface area contributed by atoms with Crippen LogP contribution < -0.4 is 5.32 Å². The average Bonchev–Trinajstić information content (AvgIpc) is 3.50. The van der Waals surface area contributed by atoms with Crippen molar-refractivity contribution in [1.29, 1.82) is 0 Å². The van der Waals surface area contributed by atoms with Gasteiger partial charge >= 0.3 is 0 Å². The summed E-state index contributed by atoms with van der Waals surface area (Å²) in [4.78, 5) is 12.2. The molecule has 0 saturated heterocycles. The third-order valence-electron chi connectivity index (χ3n) is 6.65. The Morgan fingerprint density at radius 1 is 1.15 bits per heavy atom. The van der Waals surface area contributed by atoms with Crippen LogP contribution in [-0.4, -0.2) is 25.1 Å². The monoisotopic (exact) mass is 450 g/mol. The van der Waals surface area contributed by atoms with Crippen molar-refractivity contribution in [3.05, 3.63) is 85.0 Å². The lowest BCUT2D eigenvalue weighted by molar-refractivity contribution is 0.393. The van der Waals surface area contributed by atoms with Gasteiger partial charge in [-0.2, -0.15) is 5.10 Å². The number of aromatic nitrogens is 5. The second kappa shape index (κ2) is 9.51. The quantitative estimate of drug-likeness (QED) is 0.275. The van der Waals surface area contributed by atoms with Gasteiger partial charge in [0, 0.05) is 23.0 Å². The smallest absolute Gasteiger partial charge is 0.159 e. The SMILES string of the molecule is C=C/C(=C\C(=C/C)c1ccc2[nH]nc(-c3nc4ccncc4[nH]3)c2c1)NC(=C)C1CCCCC1. The fourth-order valence-electron chi connectivity index (χ4n) is 4.73. The molecule has 3 aromatic heterocycles. The van der Waals surface area contributed by atoms with E-state index in [4.69, 9.17) is 4.98 Å². The first-order valence-corrected chi connectivity index (χ1v) is 11.9. The van der Waals surface area contributed by atoms with E-state index in [1.165, 1.54) is 32.1 Å². The first-order valence-electron chi connectivity index (χ1n) is 11.9. The fraction of sp³-hybridized carbons (Fsp3) is 0.250. The second-order valence-corrected chi connectivity index (χ2v) is 8.84. The molecular formula is C28H30N6. The van der Waals surface area contributed by atoms with Gasteiger partial charge in [0.15, 0.2) is 5.82 Å². The van der Waals surface area contributed by atoms with Crippen molar-refractivity contribution < 1.29 is 0 Å². The molecule has 0 radical (unpaired) electrons. The van der Waals surface area contributed by atoms with Crippen LogP contribution in [0.1, 0.15) is 44.6 Å². The van der Waals surface area contributed by atoms with Gasteiger partial charge in [0.2, 0.25) is 0 Å². The Hall–Kier alpha value is -3.93. The van der Waals surface area contributed by atoms with Crippen molar-refractivity contribution in [3.63, 3.8) is 0 Å². The molecule has 1 saturated carbocycles. The van der Waals surface area contributed by atoms with E-state index in [1.54, 1.807) is 12.4 Å². The van der Waals surface area contributed by atoms with Crippen LogP contribution in [0.2, 0.25) is 0 Å². The molecule has 0 atom stereocenters. The van der Waals surface area contributed by atoms with Crippen LogP contribution in [0.15, 0.2) is 79.4 Å². The summed E-state index contributed by atoms with van der Waals surface area (Å²) in [5.41, 5.74) is 7.76. The topological polar surface area (TPSA) is 82.3 Å². The maximum absolute atomic E-state index is 4.70. The average molecular weight is 451 g/mol. The van der Waals surface area contributed by atoms with Gasteiger partial charge in [-0.05, 0) is 67.2 Å². The van der Waals surface area contributed by atoms with Gasteiger partial charge in [-0.15, -0.1) is 0 Å². The molecular weight excluding hydrogens is 420 g/mol. The normalized spacial score (nSPS) is 15.7. The zero-order chi connectivity index (χ0) is 23.5. The van der Waals surface area contributed by atoms with Crippen molar-refractivity contribution in [2.45, 2.75) is 39.0 Å². The number of aromatic amines is 2. The molecule has 0 amide bonds. The predicted octanol–water partition coefficient (Wildman–Crippen LogP) is 6.66. The lowest BCUT2D eigenvalue weighted by Crippen LogP contribution is -2.20. The highest BCUT2D eigenvalue weighted by molar-refractivity contribution is 5.95. The van der Waals surface area contributed by atoms with Crippen LogP contribution in [-0.2, 0) is 0 Å². The number of nitrogens with zero attached hydrogens (tertiary/aromatic N) is 3. The van der Waals surface area contributed by atoms with Gasteiger partial charge in [-0.1, -0.05) is 44.6 Å². The van der Waals surface area contributed by atoms with Crippen LogP contribution in [0.25, 0.3) is 39.0 Å². The molecule has 6 heteroatoms. The number of allylic oxidation sites excluding steroid dienone is 5. The van der Waals surface area contributed by atoms with Gasteiger partial charge in [0.05, 0.1) is 22.7 Å². The van der Waals surface area contributed by atoms with Crippen molar-refractivity contribution in [2.75, 3.05) is 0 Å². The molecule has 3 N–H and O–H groups in total.